The normalized spacial score (nSPS) is 12.4. The van der Waals surface area contributed by atoms with Crippen molar-refractivity contribution in [1.29, 1.82) is 0 Å². The molecule has 4 nitrogen and oxygen atoms in total. The van der Waals surface area contributed by atoms with Crippen LogP contribution in [0.2, 0.25) is 0 Å². The molecule has 0 aliphatic carbocycles. The van der Waals surface area contributed by atoms with Crippen LogP contribution in [0.15, 0.2) is 191 Å². The van der Waals surface area contributed by atoms with Crippen LogP contribution < -0.4 is 9.80 Å². The minimum Gasteiger partial charge on any atom is -0.456 e. The van der Waals surface area contributed by atoms with Crippen molar-refractivity contribution in [1.82, 2.24) is 0 Å². The molecule has 2 aromatic heterocycles. The molecule has 0 amide bonds. The Labute approximate surface area is 349 Å². The molecule has 0 aliphatic heterocycles. The SMILES string of the molecule is FC(F)(F)c1ccccc1N(c1ccccc1)c1ccc2cc3c(cc2c1)oc1cc2c(cc13)oc1cc3cc(N(c4ccccc4)c4ccccc4C(F)(F)F)ccc3cc12. The van der Waals surface area contributed by atoms with E-state index in [1.807, 2.05) is 84.9 Å². The molecule has 0 aliphatic rings. The van der Waals surface area contributed by atoms with Gasteiger partial charge in [-0.25, -0.2) is 0 Å². The van der Waals surface area contributed by atoms with Crippen molar-refractivity contribution in [2.45, 2.75) is 12.4 Å². The van der Waals surface area contributed by atoms with E-state index in [1.54, 1.807) is 70.5 Å². The van der Waals surface area contributed by atoms with Gasteiger partial charge in [-0.15, -0.1) is 0 Å². The zero-order valence-electron chi connectivity index (χ0n) is 32.3. The number of para-hydroxylation sites is 4. The lowest BCUT2D eigenvalue weighted by atomic mass is 10.0. The van der Waals surface area contributed by atoms with E-state index in [0.29, 0.717) is 45.1 Å². The van der Waals surface area contributed by atoms with E-state index in [1.165, 1.54) is 24.3 Å². The number of rotatable bonds is 6. The Morgan fingerprint density at radius 2 is 0.661 bits per heavy atom. The standard InChI is InChI=1S/C52H30F6N2O2/c53-51(54,55)43-15-7-9-17-45(43)59(35-11-3-1-4-12-35)37-21-19-31-25-39-41-29-50-42(30-49(41)61-47(39)27-33(31)23-37)40-26-32-20-22-38(24-34(32)28-48(40)62-50)60(36-13-5-2-6-14-36)46-18-10-8-16-44(46)52(56,57)58/h1-30H. The number of fused-ring (bicyclic) bond motifs is 8. The number of nitrogens with zero attached hydrogens (tertiary/aromatic N) is 2. The van der Waals surface area contributed by atoms with Gasteiger partial charge in [-0.05, 0) is 131 Å². The lowest BCUT2D eigenvalue weighted by Gasteiger charge is -2.28. The van der Waals surface area contributed by atoms with Crippen molar-refractivity contribution in [3.05, 3.63) is 193 Å². The first-order valence-electron chi connectivity index (χ1n) is 19.7. The highest BCUT2D eigenvalue weighted by Crippen LogP contribution is 2.47. The summed E-state index contributed by atoms with van der Waals surface area (Å²) in [6, 6.07) is 51.9. The quantitative estimate of drug-likeness (QED) is 0.156. The van der Waals surface area contributed by atoms with E-state index in [0.717, 1.165) is 55.2 Å². The van der Waals surface area contributed by atoms with Crippen LogP contribution >= 0.6 is 0 Å². The molecule has 0 saturated heterocycles. The second-order valence-corrected chi connectivity index (χ2v) is 15.2. The molecule has 11 aromatic rings. The van der Waals surface area contributed by atoms with Gasteiger partial charge in [0.2, 0.25) is 0 Å². The second kappa shape index (κ2) is 13.9. The maximum Gasteiger partial charge on any atom is 0.418 e. The van der Waals surface area contributed by atoms with Crippen LogP contribution in [0, 0.1) is 0 Å². The summed E-state index contributed by atoms with van der Waals surface area (Å²) >= 11 is 0. The first-order chi connectivity index (χ1) is 30.0. The molecule has 0 N–H and O–H groups in total. The molecule has 10 heteroatoms. The van der Waals surface area contributed by atoms with Crippen LogP contribution in [0.4, 0.5) is 60.5 Å². The highest BCUT2D eigenvalue weighted by Gasteiger charge is 2.36. The molecular formula is C52H30F6N2O2. The van der Waals surface area contributed by atoms with Crippen LogP contribution in [0.5, 0.6) is 0 Å². The summed E-state index contributed by atoms with van der Waals surface area (Å²) in [5, 5.41) is 6.66. The van der Waals surface area contributed by atoms with Gasteiger partial charge in [-0.1, -0.05) is 72.8 Å². The fourth-order valence-electron chi connectivity index (χ4n) is 8.61. The van der Waals surface area contributed by atoms with Crippen LogP contribution in [-0.2, 0) is 12.4 Å². The summed E-state index contributed by atoms with van der Waals surface area (Å²) in [6.45, 7) is 0. The lowest BCUT2D eigenvalue weighted by molar-refractivity contribution is -0.137. The van der Waals surface area contributed by atoms with E-state index >= 15 is 0 Å². The van der Waals surface area contributed by atoms with Crippen molar-refractivity contribution >= 4 is 99.5 Å². The molecule has 11 rings (SSSR count). The molecule has 0 bridgehead atoms. The predicted molar refractivity (Wildman–Crippen MR) is 235 cm³/mol. The van der Waals surface area contributed by atoms with Gasteiger partial charge in [0.1, 0.15) is 22.3 Å². The third-order valence-electron chi connectivity index (χ3n) is 11.4. The van der Waals surface area contributed by atoms with Crippen molar-refractivity contribution in [3.8, 4) is 0 Å². The van der Waals surface area contributed by atoms with Crippen molar-refractivity contribution in [3.63, 3.8) is 0 Å². The van der Waals surface area contributed by atoms with E-state index in [9.17, 15) is 26.3 Å². The number of anilines is 6. The number of alkyl halides is 6. The second-order valence-electron chi connectivity index (χ2n) is 15.2. The summed E-state index contributed by atoms with van der Waals surface area (Å²) < 4.78 is 98.9. The molecular weight excluding hydrogens is 799 g/mol. The average Bonchev–Trinajstić information content (AvgIpc) is 3.80. The van der Waals surface area contributed by atoms with Crippen molar-refractivity contribution in [2.24, 2.45) is 0 Å². The van der Waals surface area contributed by atoms with Gasteiger partial charge in [0, 0.05) is 44.3 Å². The first kappa shape index (κ1) is 37.3. The van der Waals surface area contributed by atoms with E-state index < -0.39 is 23.5 Å². The van der Waals surface area contributed by atoms with Gasteiger partial charge < -0.3 is 18.6 Å². The molecule has 62 heavy (non-hydrogen) atoms. The predicted octanol–water partition coefficient (Wildman–Crippen LogP) is 16.8. The van der Waals surface area contributed by atoms with Gasteiger partial charge in [0.05, 0.1) is 22.5 Å². The molecule has 0 radical (unpaired) electrons. The van der Waals surface area contributed by atoms with E-state index in [2.05, 4.69) is 0 Å². The van der Waals surface area contributed by atoms with Gasteiger partial charge in [0.15, 0.2) is 0 Å². The minimum absolute atomic E-state index is 0.0132. The molecule has 0 fully saturated rings. The Bertz CT molecular complexity index is 3280. The summed E-state index contributed by atoms with van der Waals surface area (Å²) in [6.07, 6.45) is -9.13. The maximum absolute atomic E-state index is 14.3. The third kappa shape index (κ3) is 6.25. The highest BCUT2D eigenvalue weighted by molar-refractivity contribution is 6.18. The highest BCUT2D eigenvalue weighted by atomic mass is 19.4. The molecule has 0 spiro atoms. The van der Waals surface area contributed by atoms with Crippen LogP contribution in [-0.4, -0.2) is 0 Å². The number of hydrogen-bond acceptors (Lipinski definition) is 4. The van der Waals surface area contributed by atoms with E-state index in [4.69, 9.17) is 8.83 Å². The smallest absolute Gasteiger partial charge is 0.418 e. The fourth-order valence-corrected chi connectivity index (χ4v) is 8.61. The minimum atomic E-state index is -4.57. The Balaban J connectivity index is 1.01. The summed E-state index contributed by atoms with van der Waals surface area (Å²) in [7, 11) is 0. The fraction of sp³-hybridized carbons (Fsp3) is 0.0385. The average molecular weight is 829 g/mol. The number of furan rings is 2. The molecule has 0 unspecified atom stereocenters. The zero-order chi connectivity index (χ0) is 42.3. The Kier molecular flexibility index (Phi) is 8.37. The number of halogens is 6. The lowest BCUT2D eigenvalue weighted by Crippen LogP contribution is -2.16. The molecule has 0 atom stereocenters. The van der Waals surface area contributed by atoms with Crippen molar-refractivity contribution < 1.29 is 35.2 Å². The molecule has 9 aromatic carbocycles. The Morgan fingerprint density at radius 3 is 1.06 bits per heavy atom. The monoisotopic (exact) mass is 828 g/mol. The Hall–Kier alpha value is -7.72. The van der Waals surface area contributed by atoms with Gasteiger partial charge >= 0.3 is 12.4 Å². The number of hydrogen-bond donors (Lipinski definition) is 0. The summed E-state index contributed by atoms with van der Waals surface area (Å²) in [5.41, 5.74) is 3.29. The summed E-state index contributed by atoms with van der Waals surface area (Å²) in [5.74, 6) is 0. The van der Waals surface area contributed by atoms with Crippen LogP contribution in [0.25, 0.3) is 65.4 Å². The molecule has 0 saturated carbocycles. The Morgan fingerprint density at radius 1 is 0.306 bits per heavy atom. The van der Waals surface area contributed by atoms with E-state index in [-0.39, 0.29) is 11.4 Å². The maximum atomic E-state index is 14.3. The number of benzene rings is 9. The molecule has 302 valence electrons. The van der Waals surface area contributed by atoms with Crippen LogP contribution in [0.3, 0.4) is 0 Å². The van der Waals surface area contributed by atoms with Gasteiger partial charge in [-0.3, -0.25) is 0 Å². The third-order valence-corrected chi connectivity index (χ3v) is 11.4. The van der Waals surface area contributed by atoms with Crippen molar-refractivity contribution in [2.75, 3.05) is 9.80 Å². The van der Waals surface area contributed by atoms with Crippen LogP contribution in [0.1, 0.15) is 11.1 Å². The molecule has 2 heterocycles. The van der Waals surface area contributed by atoms with Gasteiger partial charge in [-0.2, -0.15) is 26.3 Å². The summed E-state index contributed by atoms with van der Waals surface area (Å²) in [4.78, 5) is 3.22. The first-order valence-corrected chi connectivity index (χ1v) is 19.7. The topological polar surface area (TPSA) is 32.8 Å². The zero-order valence-corrected chi connectivity index (χ0v) is 32.3. The van der Waals surface area contributed by atoms with Gasteiger partial charge in [0.25, 0.3) is 0 Å². The largest absolute Gasteiger partial charge is 0.456 e.